The summed E-state index contributed by atoms with van der Waals surface area (Å²) in [6.07, 6.45) is 3.00. The van der Waals surface area contributed by atoms with Gasteiger partial charge in [-0.25, -0.2) is 14.5 Å². The summed E-state index contributed by atoms with van der Waals surface area (Å²) in [5.74, 6) is 0.409. The molecular formula is C28H24N6O2. The van der Waals surface area contributed by atoms with Crippen molar-refractivity contribution >= 4 is 33.7 Å². The summed E-state index contributed by atoms with van der Waals surface area (Å²) in [7, 11) is 1.31. The van der Waals surface area contributed by atoms with Crippen molar-refractivity contribution in [2.24, 2.45) is 0 Å². The number of carbonyl (C=O) groups is 1. The number of ether oxygens (including phenoxy) is 1. The lowest BCUT2D eigenvalue weighted by Gasteiger charge is -2.16. The van der Waals surface area contributed by atoms with Crippen molar-refractivity contribution in [2.45, 2.75) is 26.2 Å². The van der Waals surface area contributed by atoms with Crippen LogP contribution < -0.4 is 5.32 Å². The quantitative estimate of drug-likeness (QED) is 0.345. The molecule has 0 fully saturated rings. The zero-order chi connectivity index (χ0) is 25.4. The van der Waals surface area contributed by atoms with E-state index in [1.54, 1.807) is 12.3 Å². The molecular weight excluding hydrogens is 452 g/mol. The second-order valence-electron chi connectivity index (χ2n) is 9.08. The van der Waals surface area contributed by atoms with E-state index in [9.17, 15) is 10.1 Å². The van der Waals surface area contributed by atoms with Crippen LogP contribution in [0.2, 0.25) is 0 Å². The number of nitriles is 1. The molecule has 0 spiro atoms. The van der Waals surface area contributed by atoms with Crippen molar-refractivity contribution < 1.29 is 9.53 Å². The second-order valence-corrected chi connectivity index (χ2v) is 9.08. The van der Waals surface area contributed by atoms with Gasteiger partial charge < -0.3 is 4.74 Å². The van der Waals surface area contributed by atoms with Gasteiger partial charge in [0.25, 0.3) is 0 Å². The van der Waals surface area contributed by atoms with Crippen molar-refractivity contribution in [3.05, 3.63) is 78.2 Å². The number of rotatable bonds is 4. The van der Waals surface area contributed by atoms with Crippen molar-refractivity contribution in [3.8, 4) is 22.9 Å². The maximum atomic E-state index is 11.4. The van der Waals surface area contributed by atoms with Crippen LogP contribution in [0.5, 0.6) is 0 Å². The monoisotopic (exact) mass is 476 g/mol. The van der Waals surface area contributed by atoms with Crippen molar-refractivity contribution in [2.75, 3.05) is 12.4 Å². The van der Waals surface area contributed by atoms with E-state index in [0.29, 0.717) is 5.82 Å². The van der Waals surface area contributed by atoms with E-state index < -0.39 is 11.5 Å². The zero-order valence-corrected chi connectivity index (χ0v) is 20.4. The van der Waals surface area contributed by atoms with Gasteiger partial charge in [-0.05, 0) is 68.3 Å². The van der Waals surface area contributed by atoms with Gasteiger partial charge in [0.15, 0.2) is 0 Å². The van der Waals surface area contributed by atoms with Gasteiger partial charge in [-0.2, -0.15) is 10.4 Å². The Balaban J connectivity index is 1.62. The van der Waals surface area contributed by atoms with Crippen LogP contribution in [-0.4, -0.2) is 33.0 Å². The van der Waals surface area contributed by atoms with E-state index in [-0.39, 0.29) is 0 Å². The molecule has 5 aromatic rings. The number of aryl methyl sites for hydroxylation is 1. The van der Waals surface area contributed by atoms with Gasteiger partial charge in [0.2, 0.25) is 0 Å². The van der Waals surface area contributed by atoms with E-state index in [2.05, 4.69) is 32.2 Å². The molecule has 2 aromatic carbocycles. The molecule has 8 nitrogen and oxygen atoms in total. The minimum absolute atomic E-state index is 0.409. The maximum Gasteiger partial charge on any atom is 0.412 e. The Hall–Kier alpha value is -4.77. The van der Waals surface area contributed by atoms with Crippen LogP contribution in [0, 0.1) is 18.3 Å². The number of nitrogens with zero attached hydrogens (tertiary/aromatic N) is 5. The zero-order valence-electron chi connectivity index (χ0n) is 20.4. The molecule has 3 aromatic heterocycles. The van der Waals surface area contributed by atoms with Crippen LogP contribution in [0.25, 0.3) is 38.6 Å². The van der Waals surface area contributed by atoms with Gasteiger partial charge in [0.05, 0.1) is 41.0 Å². The molecule has 0 radical (unpaired) electrons. The van der Waals surface area contributed by atoms with Crippen LogP contribution >= 0.6 is 0 Å². The Morgan fingerprint density at radius 2 is 1.75 bits per heavy atom. The highest BCUT2D eigenvalue weighted by atomic mass is 16.5. The van der Waals surface area contributed by atoms with Gasteiger partial charge in [0, 0.05) is 28.7 Å². The van der Waals surface area contributed by atoms with Crippen molar-refractivity contribution in [1.29, 1.82) is 5.26 Å². The third-order valence-corrected chi connectivity index (χ3v) is 6.32. The lowest BCUT2D eigenvalue weighted by molar-refractivity contribution is 0.187. The Labute approximate surface area is 208 Å². The third kappa shape index (κ3) is 4.01. The number of nitrogens with one attached hydrogen (secondary N) is 1. The standard InChI is InChI=1S/C28H24N6O2/c1-17-23-15-30-24-11-5-18(19-6-12-25(31-14-19)32-27(35)36-4)13-22(24)26(23)34(33-17)21-9-7-20(8-10-21)28(2,3)16-29/h5-15H,1-4H3,(H,31,32,35). The average Bonchev–Trinajstić information content (AvgIpc) is 3.25. The number of hydrogen-bond donors (Lipinski definition) is 1. The van der Waals surface area contributed by atoms with Gasteiger partial charge in [-0.1, -0.05) is 18.2 Å². The first kappa shape index (κ1) is 23.0. The third-order valence-electron chi connectivity index (χ3n) is 6.32. The fourth-order valence-corrected chi connectivity index (χ4v) is 4.17. The molecule has 36 heavy (non-hydrogen) atoms. The predicted molar refractivity (Wildman–Crippen MR) is 139 cm³/mol. The second kappa shape index (κ2) is 8.78. The highest BCUT2D eigenvalue weighted by Crippen LogP contribution is 2.32. The summed E-state index contributed by atoms with van der Waals surface area (Å²) in [6, 6.07) is 20.0. The summed E-state index contributed by atoms with van der Waals surface area (Å²) in [6.45, 7) is 5.78. The van der Waals surface area contributed by atoms with Gasteiger partial charge >= 0.3 is 6.09 Å². The highest BCUT2D eigenvalue weighted by Gasteiger charge is 2.20. The molecule has 8 heteroatoms. The Bertz CT molecular complexity index is 1640. The Morgan fingerprint density at radius 3 is 2.42 bits per heavy atom. The van der Waals surface area contributed by atoms with Crippen LogP contribution in [0.4, 0.5) is 10.6 Å². The minimum atomic E-state index is -0.567. The number of carbonyl (C=O) groups excluding carboxylic acids is 1. The lowest BCUT2D eigenvalue weighted by Crippen LogP contribution is -2.13. The number of fused-ring (bicyclic) bond motifs is 3. The molecule has 1 amide bonds. The van der Waals surface area contributed by atoms with E-state index in [0.717, 1.165) is 49.9 Å². The average molecular weight is 477 g/mol. The first-order chi connectivity index (χ1) is 17.3. The van der Waals surface area contributed by atoms with Crippen LogP contribution in [0.1, 0.15) is 25.1 Å². The number of anilines is 1. The van der Waals surface area contributed by atoms with Gasteiger partial charge in [0.1, 0.15) is 5.82 Å². The SMILES string of the molecule is COC(=O)Nc1ccc(-c2ccc3ncc4c(C)nn(-c5ccc(C(C)(C)C#N)cc5)c4c3c2)cn1. The fourth-order valence-electron chi connectivity index (χ4n) is 4.17. The first-order valence-electron chi connectivity index (χ1n) is 11.4. The van der Waals surface area contributed by atoms with Crippen molar-refractivity contribution in [1.82, 2.24) is 19.7 Å². The highest BCUT2D eigenvalue weighted by molar-refractivity contribution is 6.06. The molecule has 0 aliphatic rings. The predicted octanol–water partition coefficient (Wildman–Crippen LogP) is 5.92. The van der Waals surface area contributed by atoms with E-state index in [1.165, 1.54) is 7.11 Å². The number of benzene rings is 2. The Kier molecular flexibility index (Phi) is 5.61. The molecule has 0 unspecified atom stereocenters. The first-order valence-corrected chi connectivity index (χ1v) is 11.4. The summed E-state index contributed by atoms with van der Waals surface area (Å²) in [5, 5.41) is 18.8. The molecule has 5 rings (SSSR count). The summed E-state index contributed by atoms with van der Waals surface area (Å²) >= 11 is 0. The summed E-state index contributed by atoms with van der Waals surface area (Å²) in [4.78, 5) is 20.4. The topological polar surface area (TPSA) is 106 Å². The Morgan fingerprint density at radius 1 is 1.00 bits per heavy atom. The summed E-state index contributed by atoms with van der Waals surface area (Å²) in [5.41, 5.74) is 5.85. The number of aromatic nitrogens is 4. The van der Waals surface area contributed by atoms with Crippen LogP contribution in [0.15, 0.2) is 67.0 Å². The number of amides is 1. The van der Waals surface area contributed by atoms with E-state index in [4.69, 9.17) is 5.10 Å². The van der Waals surface area contributed by atoms with Crippen LogP contribution in [0.3, 0.4) is 0 Å². The smallest absolute Gasteiger partial charge is 0.412 e. The molecule has 178 valence electrons. The number of hydrogen-bond acceptors (Lipinski definition) is 6. The van der Waals surface area contributed by atoms with Crippen LogP contribution in [-0.2, 0) is 10.2 Å². The van der Waals surface area contributed by atoms with E-state index >= 15 is 0 Å². The molecule has 3 heterocycles. The fraction of sp³-hybridized carbons (Fsp3) is 0.179. The largest absolute Gasteiger partial charge is 0.453 e. The molecule has 0 saturated heterocycles. The molecule has 0 saturated carbocycles. The molecule has 0 bridgehead atoms. The molecule has 1 N–H and O–H groups in total. The maximum absolute atomic E-state index is 11.4. The molecule has 0 aliphatic carbocycles. The molecule has 0 atom stereocenters. The number of pyridine rings is 2. The van der Waals surface area contributed by atoms with Crippen molar-refractivity contribution in [3.63, 3.8) is 0 Å². The van der Waals surface area contributed by atoms with E-state index in [1.807, 2.05) is 74.1 Å². The number of methoxy groups -OCH3 is 1. The van der Waals surface area contributed by atoms with Gasteiger partial charge in [-0.15, -0.1) is 0 Å². The minimum Gasteiger partial charge on any atom is -0.453 e. The molecule has 0 aliphatic heterocycles. The van der Waals surface area contributed by atoms with Gasteiger partial charge in [-0.3, -0.25) is 10.3 Å². The summed E-state index contributed by atoms with van der Waals surface area (Å²) < 4.78 is 6.55. The lowest BCUT2D eigenvalue weighted by atomic mass is 9.86. The normalized spacial score (nSPS) is 11.4.